The van der Waals surface area contributed by atoms with Gasteiger partial charge in [-0.2, -0.15) is 0 Å². The number of allylic oxidation sites excluding steroid dienone is 1. The van der Waals surface area contributed by atoms with Crippen molar-refractivity contribution >= 4 is 23.2 Å². The van der Waals surface area contributed by atoms with Crippen molar-refractivity contribution in [2.24, 2.45) is 0 Å². The lowest BCUT2D eigenvalue weighted by atomic mass is 10.2. The molecule has 3 heteroatoms. The molecular weight excluding hydrogens is 159 g/mol. The van der Waals surface area contributed by atoms with Crippen LogP contribution >= 0.6 is 23.2 Å². The molecule has 0 N–H and O–H groups in total. The van der Waals surface area contributed by atoms with Gasteiger partial charge >= 0.3 is 0 Å². The minimum absolute atomic E-state index is 0.00621. The third-order valence-electron chi connectivity index (χ3n) is 0.897. The van der Waals surface area contributed by atoms with Crippen molar-refractivity contribution in [2.45, 2.75) is 19.3 Å². The second-order valence-corrected chi connectivity index (χ2v) is 2.70. The molecule has 0 heterocycles. The zero-order valence-corrected chi connectivity index (χ0v) is 6.58. The van der Waals surface area contributed by atoms with E-state index >= 15 is 0 Å². The fourth-order valence-electron chi connectivity index (χ4n) is 0.458. The first-order valence-electron chi connectivity index (χ1n) is 2.86. The summed E-state index contributed by atoms with van der Waals surface area (Å²) in [6, 6.07) is 0. The molecule has 1 nitrogen and oxygen atoms in total. The smallest absolute Gasteiger partial charge is 0.102 e. The summed E-state index contributed by atoms with van der Waals surface area (Å²) < 4.78 is 0.292. The highest BCUT2D eigenvalue weighted by Gasteiger charge is 1.85. The molecule has 0 unspecified atom stereocenters. The van der Waals surface area contributed by atoms with Gasteiger partial charge in [0.25, 0.3) is 0 Å². The van der Waals surface area contributed by atoms with E-state index in [1.807, 2.05) is 0 Å². The topological polar surface area (TPSA) is 19.9 Å². The molecule has 0 bridgehead atoms. The van der Waals surface area contributed by atoms with Gasteiger partial charge in [-0.3, -0.25) is 0 Å². The van der Waals surface area contributed by atoms with Crippen LogP contribution in [0.1, 0.15) is 19.3 Å². The molecule has 0 aromatic carbocycles. The average Bonchev–Trinajstić information content (AvgIpc) is 1.80. The van der Waals surface area contributed by atoms with Crippen molar-refractivity contribution in [1.82, 2.24) is 0 Å². The van der Waals surface area contributed by atoms with E-state index in [-0.39, 0.29) is 6.61 Å². The molecule has 0 rings (SSSR count). The zero-order chi connectivity index (χ0) is 7.11. The van der Waals surface area contributed by atoms with Crippen LogP contribution in [0.5, 0.6) is 0 Å². The molecule has 0 aliphatic carbocycles. The quantitative estimate of drug-likeness (QED) is 0.575. The van der Waals surface area contributed by atoms with Gasteiger partial charge in [-0.1, -0.05) is 29.3 Å². The number of hydrogen-bond donors (Lipinski definition) is 0. The monoisotopic (exact) mass is 167 g/mol. The maximum Gasteiger partial charge on any atom is 0.102 e. The molecule has 0 saturated heterocycles. The first-order chi connectivity index (χ1) is 4.27. The molecule has 0 spiro atoms. The molecule has 53 valence electrons. The van der Waals surface area contributed by atoms with Gasteiger partial charge in [-0.25, -0.2) is 5.11 Å². The van der Waals surface area contributed by atoms with Crippen molar-refractivity contribution in [1.29, 1.82) is 0 Å². The predicted molar refractivity (Wildman–Crippen MR) is 39.2 cm³/mol. The average molecular weight is 168 g/mol. The van der Waals surface area contributed by atoms with Crippen LogP contribution in [-0.2, 0) is 5.11 Å². The van der Waals surface area contributed by atoms with E-state index in [9.17, 15) is 5.11 Å². The van der Waals surface area contributed by atoms with Crippen LogP contribution in [0.15, 0.2) is 10.6 Å². The van der Waals surface area contributed by atoms with E-state index in [2.05, 4.69) is 0 Å². The highest BCUT2D eigenvalue weighted by atomic mass is 35.5. The van der Waals surface area contributed by atoms with Gasteiger partial charge in [0, 0.05) is 0 Å². The Labute approximate surface area is 65.3 Å². The second kappa shape index (κ2) is 6.40. The van der Waals surface area contributed by atoms with E-state index < -0.39 is 0 Å². The highest BCUT2D eigenvalue weighted by molar-refractivity contribution is 6.55. The molecular formula is C6H9Cl2O. The molecule has 0 aliphatic rings. The van der Waals surface area contributed by atoms with Crippen molar-refractivity contribution < 1.29 is 5.11 Å². The fraction of sp³-hybridized carbons (Fsp3) is 0.667. The minimum Gasteiger partial charge on any atom is -0.237 e. The van der Waals surface area contributed by atoms with Crippen LogP contribution in [0.25, 0.3) is 0 Å². The Hall–Kier alpha value is 0.280. The Kier molecular flexibility index (Phi) is 6.60. The number of rotatable bonds is 4. The first kappa shape index (κ1) is 9.28. The van der Waals surface area contributed by atoms with Crippen LogP contribution in [0.2, 0.25) is 0 Å². The fourth-order valence-corrected chi connectivity index (χ4v) is 0.676. The number of halogens is 2. The molecule has 0 fully saturated rings. The molecule has 9 heavy (non-hydrogen) atoms. The van der Waals surface area contributed by atoms with Crippen LogP contribution in [0.4, 0.5) is 0 Å². The summed E-state index contributed by atoms with van der Waals surface area (Å²) in [6.07, 6.45) is 4.10. The van der Waals surface area contributed by atoms with Crippen molar-refractivity contribution in [2.75, 3.05) is 6.61 Å². The Morgan fingerprint density at radius 1 is 1.33 bits per heavy atom. The van der Waals surface area contributed by atoms with E-state index in [1.165, 1.54) is 0 Å². The standard InChI is InChI=1S/C6H9Cl2O/c7-6(8)4-2-1-3-5-9/h4H,1-3,5H2. The second-order valence-electron chi connectivity index (χ2n) is 1.69. The SMILES string of the molecule is [O]CCCCC=C(Cl)Cl. The lowest BCUT2D eigenvalue weighted by Crippen LogP contribution is -1.78. The Morgan fingerprint density at radius 2 is 2.00 bits per heavy atom. The molecule has 0 aromatic rings. The van der Waals surface area contributed by atoms with Gasteiger partial charge < -0.3 is 0 Å². The first-order valence-corrected chi connectivity index (χ1v) is 3.62. The molecule has 0 amide bonds. The predicted octanol–water partition coefficient (Wildman–Crippen LogP) is 2.91. The molecule has 0 aliphatic heterocycles. The third-order valence-corrected chi connectivity index (χ3v) is 1.21. The highest BCUT2D eigenvalue weighted by Crippen LogP contribution is 2.08. The van der Waals surface area contributed by atoms with Gasteiger partial charge in [-0.15, -0.1) is 0 Å². The van der Waals surface area contributed by atoms with E-state index in [0.29, 0.717) is 10.9 Å². The lowest BCUT2D eigenvalue weighted by molar-refractivity contribution is 0.187. The van der Waals surface area contributed by atoms with E-state index in [4.69, 9.17) is 23.2 Å². The minimum atomic E-state index is -0.00621. The Bertz CT molecular complexity index is 87.1. The largest absolute Gasteiger partial charge is 0.237 e. The molecule has 0 atom stereocenters. The van der Waals surface area contributed by atoms with Crippen LogP contribution in [0.3, 0.4) is 0 Å². The summed E-state index contributed by atoms with van der Waals surface area (Å²) in [4.78, 5) is 0. The summed E-state index contributed by atoms with van der Waals surface area (Å²) in [5.74, 6) is 0. The Morgan fingerprint density at radius 3 is 2.44 bits per heavy atom. The summed E-state index contributed by atoms with van der Waals surface area (Å²) in [5, 5.41) is 9.89. The number of unbranched alkanes of at least 4 members (excludes halogenated alkanes) is 2. The molecule has 0 aromatic heterocycles. The van der Waals surface area contributed by atoms with Crippen molar-refractivity contribution in [3.63, 3.8) is 0 Å². The van der Waals surface area contributed by atoms with Gasteiger partial charge in [0.2, 0.25) is 0 Å². The van der Waals surface area contributed by atoms with E-state index in [1.54, 1.807) is 6.08 Å². The van der Waals surface area contributed by atoms with Gasteiger partial charge in [-0.05, 0) is 19.3 Å². The van der Waals surface area contributed by atoms with Crippen LogP contribution < -0.4 is 0 Å². The summed E-state index contributed by atoms with van der Waals surface area (Å²) >= 11 is 10.6. The summed E-state index contributed by atoms with van der Waals surface area (Å²) in [7, 11) is 0. The molecule has 0 saturated carbocycles. The Balaban J connectivity index is 3.00. The van der Waals surface area contributed by atoms with Gasteiger partial charge in [0.1, 0.15) is 4.49 Å². The summed E-state index contributed by atoms with van der Waals surface area (Å²) in [5.41, 5.74) is 0. The van der Waals surface area contributed by atoms with Gasteiger partial charge in [0.05, 0.1) is 6.61 Å². The van der Waals surface area contributed by atoms with Crippen molar-refractivity contribution in [3.8, 4) is 0 Å². The maximum absolute atomic E-state index is 9.89. The number of hydrogen-bond acceptors (Lipinski definition) is 0. The van der Waals surface area contributed by atoms with Gasteiger partial charge in [0.15, 0.2) is 0 Å². The lowest BCUT2D eigenvalue weighted by Gasteiger charge is -1.88. The summed E-state index contributed by atoms with van der Waals surface area (Å²) in [6.45, 7) is -0.00621. The van der Waals surface area contributed by atoms with Crippen LogP contribution in [0, 0.1) is 0 Å². The normalized spacial score (nSPS) is 9.22. The van der Waals surface area contributed by atoms with E-state index in [0.717, 1.165) is 12.8 Å². The maximum atomic E-state index is 9.89. The van der Waals surface area contributed by atoms with Crippen LogP contribution in [-0.4, -0.2) is 6.61 Å². The van der Waals surface area contributed by atoms with Crippen molar-refractivity contribution in [3.05, 3.63) is 10.6 Å². The third kappa shape index (κ3) is 8.28. The molecule has 1 radical (unpaired) electrons. The zero-order valence-electron chi connectivity index (χ0n) is 5.07.